The number of fused-ring (bicyclic) bond motifs is 1. The number of nitrogens with one attached hydrogen (secondary N) is 1. The van der Waals surface area contributed by atoms with Gasteiger partial charge in [-0.2, -0.15) is 0 Å². The van der Waals surface area contributed by atoms with Crippen LogP contribution >= 0.6 is 15.9 Å². The number of likely N-dealkylation sites (tertiary alicyclic amines) is 1. The van der Waals surface area contributed by atoms with Gasteiger partial charge in [0.25, 0.3) is 0 Å². The van der Waals surface area contributed by atoms with Crippen molar-refractivity contribution < 1.29 is 9.53 Å². The molecule has 1 saturated heterocycles. The number of carbonyl (C=O) groups is 1. The van der Waals surface area contributed by atoms with Crippen LogP contribution < -0.4 is 0 Å². The van der Waals surface area contributed by atoms with Crippen LogP contribution in [-0.4, -0.2) is 39.7 Å². The van der Waals surface area contributed by atoms with E-state index in [0.29, 0.717) is 12.5 Å². The minimum Gasteiger partial charge on any atom is -0.444 e. The number of aromatic amines is 1. The summed E-state index contributed by atoms with van der Waals surface area (Å²) >= 11 is 3.54. The molecule has 118 valence electrons. The predicted molar refractivity (Wildman–Crippen MR) is 89.0 cm³/mol. The molecule has 0 aliphatic carbocycles. The van der Waals surface area contributed by atoms with Gasteiger partial charge >= 0.3 is 6.09 Å². The zero-order valence-corrected chi connectivity index (χ0v) is 14.6. The molecular weight excluding hydrogens is 346 g/mol. The van der Waals surface area contributed by atoms with Crippen molar-refractivity contribution in [1.82, 2.24) is 14.9 Å². The molecule has 1 atom stereocenters. The van der Waals surface area contributed by atoms with Crippen molar-refractivity contribution in [2.45, 2.75) is 38.7 Å². The number of hydrogen-bond acceptors (Lipinski definition) is 3. The zero-order valence-electron chi connectivity index (χ0n) is 13.0. The molecule has 1 aliphatic rings. The average molecular weight is 366 g/mol. The Morgan fingerprint density at radius 2 is 2.27 bits per heavy atom. The van der Waals surface area contributed by atoms with E-state index >= 15 is 0 Å². The summed E-state index contributed by atoms with van der Waals surface area (Å²) in [4.78, 5) is 21.6. The number of rotatable bonds is 1. The summed E-state index contributed by atoms with van der Waals surface area (Å²) in [6.45, 7) is 7.07. The second-order valence-electron chi connectivity index (χ2n) is 6.69. The monoisotopic (exact) mass is 365 g/mol. The number of nitrogens with zero attached hydrogens (tertiary/aromatic N) is 2. The molecule has 6 heteroatoms. The van der Waals surface area contributed by atoms with E-state index in [2.05, 4.69) is 32.0 Å². The smallest absolute Gasteiger partial charge is 0.410 e. The highest BCUT2D eigenvalue weighted by Gasteiger charge is 2.31. The maximum Gasteiger partial charge on any atom is 0.410 e. The van der Waals surface area contributed by atoms with E-state index in [9.17, 15) is 4.79 Å². The van der Waals surface area contributed by atoms with Crippen molar-refractivity contribution in [3.63, 3.8) is 0 Å². The van der Waals surface area contributed by atoms with Crippen LogP contribution in [0.2, 0.25) is 0 Å². The molecular formula is C16H20BrN3O2. The Morgan fingerprint density at radius 1 is 1.50 bits per heavy atom. The molecule has 1 unspecified atom stereocenters. The van der Waals surface area contributed by atoms with Crippen molar-refractivity contribution in [1.29, 1.82) is 0 Å². The molecule has 3 rings (SSSR count). The van der Waals surface area contributed by atoms with Gasteiger partial charge in [-0.15, -0.1) is 0 Å². The Labute approximate surface area is 138 Å². The van der Waals surface area contributed by atoms with E-state index in [1.165, 1.54) is 0 Å². The lowest BCUT2D eigenvalue weighted by Crippen LogP contribution is -2.35. The van der Waals surface area contributed by atoms with E-state index in [-0.39, 0.29) is 6.09 Å². The summed E-state index contributed by atoms with van der Waals surface area (Å²) < 4.78 is 6.47. The SMILES string of the molecule is CC(C)(C)OC(=O)N1CCC(c2cc3c(Br)ccnc3[nH]2)C1. The number of pyridine rings is 1. The first-order chi connectivity index (χ1) is 10.3. The number of aromatic nitrogens is 2. The molecule has 3 heterocycles. The minimum atomic E-state index is -0.453. The van der Waals surface area contributed by atoms with Gasteiger partial charge in [0.1, 0.15) is 11.2 Å². The van der Waals surface area contributed by atoms with Crippen LogP contribution in [0.25, 0.3) is 11.0 Å². The lowest BCUT2D eigenvalue weighted by Gasteiger charge is -2.24. The van der Waals surface area contributed by atoms with E-state index in [4.69, 9.17) is 4.74 Å². The van der Waals surface area contributed by atoms with Gasteiger partial charge in [-0.3, -0.25) is 0 Å². The fourth-order valence-corrected chi connectivity index (χ4v) is 3.16. The second kappa shape index (κ2) is 5.57. The summed E-state index contributed by atoms with van der Waals surface area (Å²) in [6, 6.07) is 4.05. The first kappa shape index (κ1) is 15.3. The van der Waals surface area contributed by atoms with E-state index in [1.807, 2.05) is 26.8 Å². The predicted octanol–water partition coefficient (Wildman–Crippen LogP) is 4.05. The van der Waals surface area contributed by atoms with Crippen LogP contribution in [0.15, 0.2) is 22.8 Å². The Hall–Kier alpha value is -1.56. The van der Waals surface area contributed by atoms with Gasteiger partial charge in [0.05, 0.1) is 0 Å². The van der Waals surface area contributed by atoms with E-state index in [0.717, 1.165) is 34.2 Å². The van der Waals surface area contributed by atoms with E-state index in [1.54, 1.807) is 11.1 Å². The van der Waals surface area contributed by atoms with Gasteiger partial charge in [0.15, 0.2) is 0 Å². The molecule has 1 aliphatic heterocycles. The fourth-order valence-electron chi connectivity index (χ4n) is 2.74. The number of hydrogen-bond donors (Lipinski definition) is 1. The lowest BCUT2D eigenvalue weighted by atomic mass is 10.1. The number of H-pyrrole nitrogens is 1. The molecule has 0 spiro atoms. The maximum absolute atomic E-state index is 12.1. The summed E-state index contributed by atoms with van der Waals surface area (Å²) in [5, 5.41) is 1.08. The summed E-state index contributed by atoms with van der Waals surface area (Å²) in [5.74, 6) is 0.300. The third-order valence-electron chi connectivity index (χ3n) is 3.78. The molecule has 0 saturated carbocycles. The topological polar surface area (TPSA) is 58.2 Å². The van der Waals surface area contributed by atoms with Crippen LogP contribution in [0.1, 0.15) is 38.8 Å². The van der Waals surface area contributed by atoms with Gasteiger partial charge in [-0.1, -0.05) is 0 Å². The highest BCUT2D eigenvalue weighted by molar-refractivity contribution is 9.10. The highest BCUT2D eigenvalue weighted by Crippen LogP contribution is 2.31. The molecule has 0 aromatic carbocycles. The molecule has 1 N–H and O–H groups in total. The van der Waals surface area contributed by atoms with Gasteiger partial charge in [0, 0.05) is 40.8 Å². The molecule has 2 aromatic heterocycles. The van der Waals surface area contributed by atoms with Gasteiger partial charge in [-0.25, -0.2) is 9.78 Å². The zero-order chi connectivity index (χ0) is 15.9. The Balaban J connectivity index is 1.74. The van der Waals surface area contributed by atoms with Crippen LogP contribution in [0.3, 0.4) is 0 Å². The Kier molecular flexibility index (Phi) is 3.89. The number of amides is 1. The fraction of sp³-hybridized carbons (Fsp3) is 0.500. The summed E-state index contributed by atoms with van der Waals surface area (Å²) in [6.07, 6.45) is 2.48. The third-order valence-corrected chi connectivity index (χ3v) is 4.47. The van der Waals surface area contributed by atoms with Crippen molar-refractivity contribution in [3.05, 3.63) is 28.5 Å². The Bertz CT molecular complexity index is 705. The first-order valence-corrected chi connectivity index (χ1v) is 8.24. The van der Waals surface area contributed by atoms with Crippen LogP contribution in [0.4, 0.5) is 4.79 Å². The standard InChI is InChI=1S/C16H20BrN3O2/c1-16(2,3)22-15(21)20-7-5-10(9-20)13-8-11-12(17)4-6-18-14(11)19-13/h4,6,8,10H,5,7,9H2,1-3H3,(H,18,19). The molecule has 5 nitrogen and oxygen atoms in total. The number of carbonyl (C=O) groups excluding carboxylic acids is 1. The molecule has 0 bridgehead atoms. The van der Waals surface area contributed by atoms with Crippen molar-refractivity contribution in [2.75, 3.05) is 13.1 Å². The van der Waals surface area contributed by atoms with Crippen LogP contribution in [-0.2, 0) is 4.74 Å². The van der Waals surface area contributed by atoms with Crippen LogP contribution in [0, 0.1) is 0 Å². The van der Waals surface area contributed by atoms with Crippen LogP contribution in [0.5, 0.6) is 0 Å². The van der Waals surface area contributed by atoms with E-state index < -0.39 is 5.60 Å². The quantitative estimate of drug-likeness (QED) is 0.828. The molecule has 2 aromatic rings. The lowest BCUT2D eigenvalue weighted by molar-refractivity contribution is 0.0292. The Morgan fingerprint density at radius 3 is 2.95 bits per heavy atom. The molecule has 1 fully saturated rings. The third kappa shape index (κ3) is 3.11. The van der Waals surface area contributed by atoms with Gasteiger partial charge < -0.3 is 14.6 Å². The average Bonchev–Trinajstić information content (AvgIpc) is 3.03. The van der Waals surface area contributed by atoms with Crippen molar-refractivity contribution in [3.8, 4) is 0 Å². The minimum absolute atomic E-state index is 0.231. The number of halogens is 1. The van der Waals surface area contributed by atoms with Crippen molar-refractivity contribution in [2.24, 2.45) is 0 Å². The number of ether oxygens (including phenoxy) is 1. The summed E-state index contributed by atoms with van der Waals surface area (Å²) in [5.41, 5.74) is 1.55. The van der Waals surface area contributed by atoms with Gasteiger partial charge in [0.2, 0.25) is 0 Å². The second-order valence-corrected chi connectivity index (χ2v) is 7.55. The molecule has 22 heavy (non-hydrogen) atoms. The molecule has 1 amide bonds. The first-order valence-electron chi connectivity index (χ1n) is 7.44. The van der Waals surface area contributed by atoms with Crippen molar-refractivity contribution >= 4 is 33.1 Å². The summed E-state index contributed by atoms with van der Waals surface area (Å²) in [7, 11) is 0. The maximum atomic E-state index is 12.1. The van der Waals surface area contributed by atoms with Gasteiger partial charge in [-0.05, 0) is 55.3 Å². The normalized spacial score (nSPS) is 18.9. The molecule has 0 radical (unpaired) electrons. The largest absolute Gasteiger partial charge is 0.444 e. The highest BCUT2D eigenvalue weighted by atomic mass is 79.9.